The van der Waals surface area contributed by atoms with Gasteiger partial charge in [-0.3, -0.25) is 4.79 Å². The number of hydrogen-bond acceptors (Lipinski definition) is 4. The number of nitrogens with zero attached hydrogens (tertiary/aromatic N) is 1. The largest absolute Gasteiger partial charge is 0.497 e. The molecular formula is C19H20FNO4. The number of benzene rings is 2. The third-order valence-electron chi connectivity index (χ3n) is 3.99. The predicted octanol–water partition coefficient (Wildman–Crippen LogP) is 2.75. The average Bonchev–Trinajstić information content (AvgIpc) is 2.66. The molecule has 1 fully saturated rings. The van der Waals surface area contributed by atoms with Crippen LogP contribution in [-0.2, 0) is 4.74 Å². The molecule has 0 radical (unpaired) electrons. The van der Waals surface area contributed by atoms with Crippen LogP contribution in [0, 0.1) is 5.82 Å². The third-order valence-corrected chi connectivity index (χ3v) is 3.99. The molecule has 0 aliphatic carbocycles. The summed E-state index contributed by atoms with van der Waals surface area (Å²) in [4.78, 5) is 14.2. The highest BCUT2D eigenvalue weighted by Gasteiger charge is 2.25. The number of hydrogen-bond donors (Lipinski definition) is 0. The van der Waals surface area contributed by atoms with Crippen LogP contribution in [0.2, 0.25) is 0 Å². The van der Waals surface area contributed by atoms with Gasteiger partial charge in [-0.2, -0.15) is 0 Å². The Labute approximate surface area is 145 Å². The lowest BCUT2D eigenvalue weighted by Gasteiger charge is -2.33. The highest BCUT2D eigenvalue weighted by Crippen LogP contribution is 2.18. The van der Waals surface area contributed by atoms with Gasteiger partial charge in [0, 0.05) is 12.1 Å². The summed E-state index contributed by atoms with van der Waals surface area (Å²) in [6.07, 6.45) is -0.228. The molecule has 1 aliphatic heterocycles. The van der Waals surface area contributed by atoms with Crippen molar-refractivity contribution in [3.05, 3.63) is 59.9 Å². The molecule has 1 amide bonds. The first-order valence-corrected chi connectivity index (χ1v) is 8.09. The Morgan fingerprint density at radius 2 is 2.00 bits per heavy atom. The number of ether oxygens (including phenoxy) is 3. The van der Waals surface area contributed by atoms with Gasteiger partial charge in [-0.05, 0) is 42.5 Å². The smallest absolute Gasteiger partial charge is 0.254 e. The number of halogens is 1. The lowest BCUT2D eigenvalue weighted by atomic mass is 10.1. The van der Waals surface area contributed by atoms with Crippen LogP contribution in [0.25, 0.3) is 0 Å². The van der Waals surface area contributed by atoms with Crippen molar-refractivity contribution in [2.75, 3.05) is 33.4 Å². The molecule has 25 heavy (non-hydrogen) atoms. The molecule has 0 aromatic heterocycles. The van der Waals surface area contributed by atoms with Crippen molar-refractivity contribution < 1.29 is 23.4 Å². The molecule has 1 aliphatic rings. The van der Waals surface area contributed by atoms with Gasteiger partial charge in [0.25, 0.3) is 5.91 Å². The quantitative estimate of drug-likeness (QED) is 0.836. The fourth-order valence-corrected chi connectivity index (χ4v) is 2.67. The lowest BCUT2D eigenvalue weighted by molar-refractivity contribution is -0.0401. The van der Waals surface area contributed by atoms with E-state index < -0.39 is 5.82 Å². The molecule has 0 bridgehead atoms. The summed E-state index contributed by atoms with van der Waals surface area (Å²) in [5, 5.41) is 0. The third kappa shape index (κ3) is 4.48. The molecule has 2 aromatic carbocycles. The topological polar surface area (TPSA) is 48.0 Å². The van der Waals surface area contributed by atoms with Crippen molar-refractivity contribution in [2.45, 2.75) is 6.10 Å². The summed E-state index contributed by atoms with van der Waals surface area (Å²) >= 11 is 0. The second-order valence-corrected chi connectivity index (χ2v) is 5.74. The Balaban J connectivity index is 1.56. The molecule has 0 N–H and O–H groups in total. The van der Waals surface area contributed by atoms with Gasteiger partial charge in [0.1, 0.15) is 30.0 Å². The highest BCUT2D eigenvalue weighted by atomic mass is 19.1. The standard InChI is InChI=1S/C19H20FNO4/c1-23-16-5-7-17(8-6-16)25-13-18-12-21(9-10-24-18)19(22)14-3-2-4-15(20)11-14/h2-8,11,18H,9-10,12-13H2,1H3. The van der Waals surface area contributed by atoms with E-state index in [1.54, 1.807) is 18.1 Å². The van der Waals surface area contributed by atoms with Crippen molar-refractivity contribution in [3.8, 4) is 11.5 Å². The predicted molar refractivity (Wildman–Crippen MR) is 90.5 cm³/mol. The van der Waals surface area contributed by atoms with Gasteiger partial charge in [-0.25, -0.2) is 4.39 Å². The van der Waals surface area contributed by atoms with E-state index >= 15 is 0 Å². The van der Waals surface area contributed by atoms with E-state index in [1.165, 1.54) is 18.2 Å². The van der Waals surface area contributed by atoms with Gasteiger partial charge in [-0.1, -0.05) is 6.07 Å². The lowest BCUT2D eigenvalue weighted by Crippen LogP contribution is -2.47. The van der Waals surface area contributed by atoms with Crippen molar-refractivity contribution in [1.29, 1.82) is 0 Å². The summed E-state index contributed by atoms with van der Waals surface area (Å²) in [7, 11) is 1.61. The van der Waals surface area contributed by atoms with Crippen molar-refractivity contribution in [3.63, 3.8) is 0 Å². The molecule has 5 nitrogen and oxygen atoms in total. The van der Waals surface area contributed by atoms with Gasteiger partial charge in [0.05, 0.1) is 20.3 Å². The van der Waals surface area contributed by atoms with E-state index in [9.17, 15) is 9.18 Å². The van der Waals surface area contributed by atoms with E-state index in [-0.39, 0.29) is 12.0 Å². The van der Waals surface area contributed by atoms with Gasteiger partial charge in [-0.15, -0.1) is 0 Å². The summed E-state index contributed by atoms with van der Waals surface area (Å²) in [5.74, 6) is 0.849. The van der Waals surface area contributed by atoms with Crippen molar-refractivity contribution in [1.82, 2.24) is 4.90 Å². The minimum absolute atomic E-state index is 0.197. The van der Waals surface area contributed by atoms with E-state index in [0.717, 1.165) is 5.75 Å². The fourth-order valence-electron chi connectivity index (χ4n) is 2.67. The molecule has 2 aromatic rings. The Morgan fingerprint density at radius 1 is 1.24 bits per heavy atom. The summed E-state index contributed by atoms with van der Waals surface area (Å²) in [6.45, 7) is 1.65. The SMILES string of the molecule is COc1ccc(OCC2CN(C(=O)c3cccc(F)c3)CCO2)cc1. The second kappa shape index (κ2) is 7.98. The van der Waals surface area contributed by atoms with Gasteiger partial charge in [0.15, 0.2) is 0 Å². The molecule has 0 saturated carbocycles. The molecule has 132 valence electrons. The monoisotopic (exact) mass is 345 g/mol. The number of carbonyl (C=O) groups is 1. The van der Waals surface area contributed by atoms with Crippen molar-refractivity contribution in [2.24, 2.45) is 0 Å². The Hall–Kier alpha value is -2.60. The number of carbonyl (C=O) groups excluding carboxylic acids is 1. The van der Waals surface area contributed by atoms with Crippen LogP contribution in [-0.4, -0.2) is 50.3 Å². The molecule has 1 atom stereocenters. The zero-order valence-corrected chi connectivity index (χ0v) is 14.0. The summed E-state index contributed by atoms with van der Waals surface area (Å²) < 4.78 is 29.8. The van der Waals surface area contributed by atoms with Crippen LogP contribution < -0.4 is 9.47 Å². The minimum atomic E-state index is -0.418. The van der Waals surface area contributed by atoms with Crippen LogP contribution in [0.4, 0.5) is 4.39 Å². The van der Waals surface area contributed by atoms with E-state index in [0.29, 0.717) is 37.6 Å². The number of rotatable bonds is 5. The zero-order valence-electron chi connectivity index (χ0n) is 14.0. The van der Waals surface area contributed by atoms with Crippen LogP contribution in [0.3, 0.4) is 0 Å². The van der Waals surface area contributed by atoms with E-state index in [4.69, 9.17) is 14.2 Å². The van der Waals surface area contributed by atoms with Gasteiger partial charge >= 0.3 is 0 Å². The first kappa shape index (κ1) is 17.2. The van der Waals surface area contributed by atoms with Crippen LogP contribution in [0.1, 0.15) is 10.4 Å². The fraction of sp³-hybridized carbons (Fsp3) is 0.316. The first-order valence-electron chi connectivity index (χ1n) is 8.09. The zero-order chi connectivity index (χ0) is 17.6. The minimum Gasteiger partial charge on any atom is -0.497 e. The Kier molecular flexibility index (Phi) is 5.50. The van der Waals surface area contributed by atoms with E-state index in [1.807, 2.05) is 24.3 Å². The molecule has 3 rings (SSSR count). The van der Waals surface area contributed by atoms with Gasteiger partial charge < -0.3 is 19.1 Å². The van der Waals surface area contributed by atoms with Crippen LogP contribution >= 0.6 is 0 Å². The average molecular weight is 345 g/mol. The number of methoxy groups -OCH3 is 1. The molecule has 1 heterocycles. The molecule has 6 heteroatoms. The molecular weight excluding hydrogens is 325 g/mol. The van der Waals surface area contributed by atoms with E-state index in [2.05, 4.69) is 0 Å². The molecule has 0 spiro atoms. The first-order chi connectivity index (χ1) is 12.2. The highest BCUT2D eigenvalue weighted by molar-refractivity contribution is 5.94. The maximum Gasteiger partial charge on any atom is 0.254 e. The maximum absolute atomic E-state index is 13.3. The van der Waals surface area contributed by atoms with Crippen LogP contribution in [0.15, 0.2) is 48.5 Å². The normalized spacial score (nSPS) is 17.2. The second-order valence-electron chi connectivity index (χ2n) is 5.74. The van der Waals surface area contributed by atoms with Crippen molar-refractivity contribution >= 4 is 5.91 Å². The maximum atomic E-state index is 13.3. The Bertz CT molecular complexity index is 720. The number of amides is 1. The molecule has 1 saturated heterocycles. The number of morpholine rings is 1. The summed E-state index contributed by atoms with van der Waals surface area (Å²) in [5.41, 5.74) is 0.344. The summed E-state index contributed by atoms with van der Waals surface area (Å²) in [6, 6.07) is 13.0. The van der Waals surface area contributed by atoms with Gasteiger partial charge in [0.2, 0.25) is 0 Å². The van der Waals surface area contributed by atoms with Crippen LogP contribution in [0.5, 0.6) is 11.5 Å². The molecule has 1 unspecified atom stereocenters. The Morgan fingerprint density at radius 3 is 2.72 bits per heavy atom.